The summed E-state index contributed by atoms with van der Waals surface area (Å²) in [4.78, 5) is 0. The lowest BCUT2D eigenvalue weighted by atomic mass is 10.2. The molecule has 1 aromatic carbocycles. The van der Waals surface area contributed by atoms with Gasteiger partial charge in [-0.2, -0.15) is 0 Å². The molecule has 0 spiro atoms. The number of aryl methyl sites for hydroxylation is 1. The number of nitrogens with two attached hydrogens (primary N) is 1. The highest BCUT2D eigenvalue weighted by Gasteiger charge is 2.09. The number of ether oxygens (including phenoxy) is 1. The Morgan fingerprint density at radius 1 is 1.29 bits per heavy atom. The van der Waals surface area contributed by atoms with Crippen LogP contribution >= 0.6 is 0 Å². The van der Waals surface area contributed by atoms with Crippen LogP contribution in [0, 0.1) is 6.92 Å². The van der Waals surface area contributed by atoms with Gasteiger partial charge in [-0.1, -0.05) is 6.92 Å². The van der Waals surface area contributed by atoms with E-state index in [0.29, 0.717) is 17.9 Å². The van der Waals surface area contributed by atoms with Crippen molar-refractivity contribution in [2.24, 2.45) is 0 Å². The minimum Gasteiger partial charge on any atom is -0.492 e. The summed E-state index contributed by atoms with van der Waals surface area (Å²) in [5.74, 6) is 0.966. The summed E-state index contributed by atoms with van der Waals surface area (Å²) in [6, 6.07) is 5.30. The molecular formula is C12H19NO3S. The SMILES string of the molecule is CCCS(=O)(=O)CCOc1ccc(N)cc1C. The van der Waals surface area contributed by atoms with Gasteiger partial charge in [-0.15, -0.1) is 0 Å². The molecule has 4 nitrogen and oxygen atoms in total. The summed E-state index contributed by atoms with van der Waals surface area (Å²) < 4.78 is 28.4. The number of anilines is 1. The van der Waals surface area contributed by atoms with E-state index in [-0.39, 0.29) is 18.1 Å². The second kappa shape index (κ2) is 5.91. The van der Waals surface area contributed by atoms with E-state index >= 15 is 0 Å². The average Bonchev–Trinajstić information content (AvgIpc) is 2.21. The molecule has 0 heterocycles. The first-order valence-electron chi connectivity index (χ1n) is 5.64. The highest BCUT2D eigenvalue weighted by molar-refractivity contribution is 7.91. The van der Waals surface area contributed by atoms with Crippen LogP contribution in [-0.2, 0) is 9.84 Å². The second-order valence-corrected chi connectivity index (χ2v) is 6.33. The zero-order chi connectivity index (χ0) is 12.9. The van der Waals surface area contributed by atoms with Gasteiger partial charge in [-0.25, -0.2) is 8.42 Å². The Morgan fingerprint density at radius 3 is 2.59 bits per heavy atom. The minimum atomic E-state index is -2.97. The molecule has 0 saturated heterocycles. The molecule has 1 aromatic rings. The number of benzene rings is 1. The zero-order valence-corrected chi connectivity index (χ0v) is 11.1. The van der Waals surface area contributed by atoms with E-state index in [2.05, 4.69) is 0 Å². The first kappa shape index (κ1) is 13.8. The molecule has 0 unspecified atom stereocenters. The largest absolute Gasteiger partial charge is 0.492 e. The smallest absolute Gasteiger partial charge is 0.153 e. The van der Waals surface area contributed by atoms with Crippen LogP contribution in [0.15, 0.2) is 18.2 Å². The van der Waals surface area contributed by atoms with E-state index in [4.69, 9.17) is 10.5 Å². The molecule has 2 N–H and O–H groups in total. The number of rotatable bonds is 6. The second-order valence-electron chi connectivity index (χ2n) is 4.03. The van der Waals surface area contributed by atoms with Crippen molar-refractivity contribution in [2.45, 2.75) is 20.3 Å². The van der Waals surface area contributed by atoms with Gasteiger partial charge in [0.1, 0.15) is 12.4 Å². The fourth-order valence-electron chi connectivity index (χ4n) is 1.53. The molecule has 0 aliphatic heterocycles. The maximum Gasteiger partial charge on any atom is 0.153 e. The summed E-state index contributed by atoms with van der Waals surface area (Å²) in [5.41, 5.74) is 7.20. The fraction of sp³-hybridized carbons (Fsp3) is 0.500. The third-order valence-corrected chi connectivity index (χ3v) is 4.18. The highest BCUT2D eigenvalue weighted by atomic mass is 32.2. The Kier molecular flexibility index (Phi) is 4.81. The molecule has 0 aliphatic rings. The average molecular weight is 257 g/mol. The Hall–Kier alpha value is -1.23. The van der Waals surface area contributed by atoms with Crippen molar-refractivity contribution < 1.29 is 13.2 Å². The van der Waals surface area contributed by atoms with Crippen LogP contribution in [-0.4, -0.2) is 26.5 Å². The zero-order valence-electron chi connectivity index (χ0n) is 10.3. The van der Waals surface area contributed by atoms with Crippen molar-refractivity contribution in [3.05, 3.63) is 23.8 Å². The van der Waals surface area contributed by atoms with Crippen molar-refractivity contribution >= 4 is 15.5 Å². The normalized spacial score (nSPS) is 11.4. The van der Waals surface area contributed by atoms with Crippen LogP contribution in [0.5, 0.6) is 5.75 Å². The van der Waals surface area contributed by atoms with E-state index in [1.807, 2.05) is 13.8 Å². The Morgan fingerprint density at radius 2 is 2.00 bits per heavy atom. The molecule has 0 saturated carbocycles. The number of sulfone groups is 1. The maximum absolute atomic E-state index is 11.5. The predicted molar refractivity (Wildman–Crippen MR) is 70.0 cm³/mol. The van der Waals surface area contributed by atoms with Gasteiger partial charge in [0, 0.05) is 5.69 Å². The van der Waals surface area contributed by atoms with E-state index in [0.717, 1.165) is 5.56 Å². The van der Waals surface area contributed by atoms with Gasteiger partial charge >= 0.3 is 0 Å². The van der Waals surface area contributed by atoms with E-state index in [9.17, 15) is 8.42 Å². The lowest BCUT2D eigenvalue weighted by Gasteiger charge is -2.09. The third-order valence-electron chi connectivity index (χ3n) is 2.37. The van der Waals surface area contributed by atoms with Gasteiger partial charge < -0.3 is 10.5 Å². The highest BCUT2D eigenvalue weighted by Crippen LogP contribution is 2.20. The van der Waals surface area contributed by atoms with Crippen molar-refractivity contribution in [3.63, 3.8) is 0 Å². The van der Waals surface area contributed by atoms with Gasteiger partial charge in [0.25, 0.3) is 0 Å². The molecule has 0 radical (unpaired) electrons. The molecule has 0 aromatic heterocycles. The van der Waals surface area contributed by atoms with Crippen LogP contribution < -0.4 is 10.5 Å². The molecule has 1 rings (SSSR count). The van der Waals surface area contributed by atoms with Crippen LogP contribution in [0.3, 0.4) is 0 Å². The Balaban J connectivity index is 2.51. The number of hydrogen-bond donors (Lipinski definition) is 1. The summed E-state index contributed by atoms with van der Waals surface area (Å²) in [7, 11) is -2.97. The van der Waals surface area contributed by atoms with Crippen LogP contribution in [0.4, 0.5) is 5.69 Å². The molecule has 0 atom stereocenters. The first-order valence-corrected chi connectivity index (χ1v) is 7.46. The van der Waals surface area contributed by atoms with Crippen molar-refractivity contribution in [3.8, 4) is 5.75 Å². The quantitative estimate of drug-likeness (QED) is 0.789. The summed E-state index contributed by atoms with van der Waals surface area (Å²) in [6.07, 6.45) is 0.642. The molecule has 5 heteroatoms. The van der Waals surface area contributed by atoms with Gasteiger partial charge in [-0.3, -0.25) is 0 Å². The van der Waals surface area contributed by atoms with Crippen LogP contribution in [0.2, 0.25) is 0 Å². The Labute approximate surface area is 103 Å². The van der Waals surface area contributed by atoms with Crippen LogP contribution in [0.25, 0.3) is 0 Å². The predicted octanol–water partition coefficient (Wildman–Crippen LogP) is 1.78. The maximum atomic E-state index is 11.5. The number of hydrogen-bond acceptors (Lipinski definition) is 4. The summed E-state index contributed by atoms with van der Waals surface area (Å²) in [5, 5.41) is 0. The lowest BCUT2D eigenvalue weighted by molar-refractivity contribution is 0.338. The van der Waals surface area contributed by atoms with Crippen molar-refractivity contribution in [1.29, 1.82) is 0 Å². The molecular weight excluding hydrogens is 238 g/mol. The standard InChI is InChI=1S/C12H19NO3S/c1-3-7-17(14,15)8-6-16-12-5-4-11(13)9-10(12)2/h4-5,9H,3,6-8,13H2,1-2H3. The van der Waals surface area contributed by atoms with Gasteiger partial charge in [0.15, 0.2) is 9.84 Å². The monoisotopic (exact) mass is 257 g/mol. The molecule has 96 valence electrons. The van der Waals surface area contributed by atoms with E-state index in [1.54, 1.807) is 18.2 Å². The third kappa shape index (κ3) is 4.65. The van der Waals surface area contributed by atoms with Gasteiger partial charge in [0.2, 0.25) is 0 Å². The van der Waals surface area contributed by atoms with Crippen molar-refractivity contribution in [1.82, 2.24) is 0 Å². The summed E-state index contributed by atoms with van der Waals surface area (Å²) >= 11 is 0. The van der Waals surface area contributed by atoms with Crippen LogP contribution in [0.1, 0.15) is 18.9 Å². The van der Waals surface area contributed by atoms with E-state index in [1.165, 1.54) is 0 Å². The molecule has 0 fully saturated rings. The molecule has 17 heavy (non-hydrogen) atoms. The number of nitrogen functional groups attached to an aromatic ring is 1. The summed E-state index contributed by atoms with van der Waals surface area (Å²) in [6.45, 7) is 3.92. The van der Waals surface area contributed by atoms with Gasteiger partial charge in [0.05, 0.1) is 11.5 Å². The molecule has 0 amide bonds. The topological polar surface area (TPSA) is 69.4 Å². The van der Waals surface area contributed by atoms with Crippen molar-refractivity contribution in [2.75, 3.05) is 23.8 Å². The van der Waals surface area contributed by atoms with E-state index < -0.39 is 9.84 Å². The molecule has 0 aliphatic carbocycles. The van der Waals surface area contributed by atoms with Gasteiger partial charge in [-0.05, 0) is 37.1 Å². The lowest BCUT2D eigenvalue weighted by Crippen LogP contribution is -2.17. The Bertz CT molecular complexity index is 469. The first-order chi connectivity index (χ1) is 7.94. The minimum absolute atomic E-state index is 0.0602. The molecule has 0 bridgehead atoms. The fourth-order valence-corrected chi connectivity index (χ4v) is 2.69.